The van der Waals surface area contributed by atoms with Gasteiger partial charge in [-0.05, 0) is 36.7 Å². The lowest BCUT2D eigenvalue weighted by Crippen LogP contribution is -2.33. The van der Waals surface area contributed by atoms with Crippen LogP contribution in [0, 0.1) is 12.7 Å². The SMILES string of the molecule is CCN(CC(=O)Nc1ccccc1F)Cc1ccccc1C. The minimum absolute atomic E-state index is 0.208. The van der Waals surface area contributed by atoms with Gasteiger partial charge < -0.3 is 5.32 Å². The van der Waals surface area contributed by atoms with E-state index in [4.69, 9.17) is 0 Å². The molecule has 3 nitrogen and oxygen atoms in total. The fourth-order valence-electron chi connectivity index (χ4n) is 2.26. The summed E-state index contributed by atoms with van der Waals surface area (Å²) in [6, 6.07) is 14.3. The molecule has 2 aromatic rings. The highest BCUT2D eigenvalue weighted by Crippen LogP contribution is 2.13. The van der Waals surface area contributed by atoms with Gasteiger partial charge in [-0.3, -0.25) is 9.69 Å². The zero-order valence-corrected chi connectivity index (χ0v) is 13.0. The van der Waals surface area contributed by atoms with Crippen LogP contribution >= 0.6 is 0 Å². The number of carbonyl (C=O) groups excluding carboxylic acids is 1. The number of benzene rings is 2. The van der Waals surface area contributed by atoms with Crippen molar-refractivity contribution in [2.75, 3.05) is 18.4 Å². The standard InChI is InChI=1S/C18H21FN2O/c1-3-21(12-15-9-5-4-8-14(15)2)13-18(22)20-17-11-7-6-10-16(17)19/h4-11H,3,12-13H2,1-2H3,(H,20,22). The monoisotopic (exact) mass is 300 g/mol. The minimum atomic E-state index is -0.419. The Hall–Kier alpha value is -2.20. The number of nitrogens with zero attached hydrogens (tertiary/aromatic N) is 1. The lowest BCUT2D eigenvalue weighted by molar-refractivity contribution is -0.117. The normalized spacial score (nSPS) is 10.7. The molecule has 0 saturated heterocycles. The third-order valence-corrected chi connectivity index (χ3v) is 3.62. The molecule has 0 unspecified atom stereocenters. The van der Waals surface area contributed by atoms with Gasteiger partial charge in [0, 0.05) is 6.54 Å². The van der Waals surface area contributed by atoms with E-state index >= 15 is 0 Å². The highest BCUT2D eigenvalue weighted by molar-refractivity contribution is 5.92. The van der Waals surface area contributed by atoms with Gasteiger partial charge in [-0.15, -0.1) is 0 Å². The summed E-state index contributed by atoms with van der Waals surface area (Å²) in [7, 11) is 0. The molecule has 0 fully saturated rings. The summed E-state index contributed by atoms with van der Waals surface area (Å²) in [6.45, 7) is 5.75. The Morgan fingerprint density at radius 2 is 1.82 bits per heavy atom. The van der Waals surface area contributed by atoms with Crippen LogP contribution in [0.2, 0.25) is 0 Å². The second-order valence-corrected chi connectivity index (χ2v) is 5.26. The molecule has 0 bridgehead atoms. The van der Waals surface area contributed by atoms with E-state index in [0.29, 0.717) is 6.54 Å². The number of halogens is 1. The molecule has 2 aromatic carbocycles. The van der Waals surface area contributed by atoms with Gasteiger partial charge in [0.2, 0.25) is 5.91 Å². The highest BCUT2D eigenvalue weighted by Gasteiger charge is 2.12. The average Bonchev–Trinajstić information content (AvgIpc) is 2.51. The lowest BCUT2D eigenvalue weighted by Gasteiger charge is -2.21. The van der Waals surface area contributed by atoms with Gasteiger partial charge in [0.15, 0.2) is 0 Å². The van der Waals surface area contributed by atoms with Crippen molar-refractivity contribution in [2.24, 2.45) is 0 Å². The van der Waals surface area contributed by atoms with E-state index < -0.39 is 5.82 Å². The molecule has 4 heteroatoms. The molecular formula is C18H21FN2O. The molecule has 22 heavy (non-hydrogen) atoms. The smallest absolute Gasteiger partial charge is 0.238 e. The first kappa shape index (κ1) is 16.2. The van der Waals surface area contributed by atoms with Crippen molar-refractivity contribution in [3.05, 3.63) is 65.5 Å². The number of rotatable bonds is 6. The van der Waals surface area contributed by atoms with E-state index in [0.717, 1.165) is 6.54 Å². The predicted molar refractivity (Wildman–Crippen MR) is 87.2 cm³/mol. The van der Waals surface area contributed by atoms with Gasteiger partial charge in [-0.25, -0.2) is 4.39 Å². The van der Waals surface area contributed by atoms with Gasteiger partial charge in [-0.1, -0.05) is 43.3 Å². The number of nitrogens with one attached hydrogen (secondary N) is 1. The Morgan fingerprint density at radius 1 is 1.14 bits per heavy atom. The Labute approximate surface area is 130 Å². The fraction of sp³-hybridized carbons (Fsp3) is 0.278. The van der Waals surface area contributed by atoms with Crippen LogP contribution in [-0.2, 0) is 11.3 Å². The van der Waals surface area contributed by atoms with Gasteiger partial charge >= 0.3 is 0 Å². The van der Waals surface area contributed by atoms with E-state index in [-0.39, 0.29) is 18.1 Å². The Morgan fingerprint density at radius 3 is 2.50 bits per heavy atom. The third-order valence-electron chi connectivity index (χ3n) is 3.62. The van der Waals surface area contributed by atoms with Crippen LogP contribution in [0.5, 0.6) is 0 Å². The quantitative estimate of drug-likeness (QED) is 0.884. The maximum absolute atomic E-state index is 13.5. The summed E-state index contributed by atoms with van der Waals surface area (Å²) >= 11 is 0. The Balaban J connectivity index is 1.97. The number of likely N-dealkylation sites (N-methyl/N-ethyl adjacent to an activating group) is 1. The summed E-state index contributed by atoms with van der Waals surface area (Å²) < 4.78 is 13.5. The number of anilines is 1. The van der Waals surface area contributed by atoms with Crippen LogP contribution in [0.15, 0.2) is 48.5 Å². The largest absolute Gasteiger partial charge is 0.322 e. The Bertz CT molecular complexity index is 642. The van der Waals surface area contributed by atoms with Crippen molar-refractivity contribution in [3.63, 3.8) is 0 Å². The average molecular weight is 300 g/mol. The van der Waals surface area contributed by atoms with Crippen molar-refractivity contribution in [3.8, 4) is 0 Å². The molecule has 0 spiro atoms. The molecular weight excluding hydrogens is 279 g/mol. The number of amides is 1. The highest BCUT2D eigenvalue weighted by atomic mass is 19.1. The molecule has 116 valence electrons. The summed E-state index contributed by atoms with van der Waals surface area (Å²) in [4.78, 5) is 14.1. The van der Waals surface area contributed by atoms with E-state index in [1.807, 2.05) is 24.0 Å². The minimum Gasteiger partial charge on any atom is -0.322 e. The van der Waals surface area contributed by atoms with Gasteiger partial charge in [0.1, 0.15) is 5.82 Å². The van der Waals surface area contributed by atoms with Crippen LogP contribution in [0.4, 0.5) is 10.1 Å². The summed E-state index contributed by atoms with van der Waals surface area (Å²) in [6.07, 6.45) is 0. The maximum atomic E-state index is 13.5. The maximum Gasteiger partial charge on any atom is 0.238 e. The van der Waals surface area contributed by atoms with Crippen LogP contribution in [0.25, 0.3) is 0 Å². The van der Waals surface area contributed by atoms with Crippen LogP contribution in [0.3, 0.4) is 0 Å². The van der Waals surface area contributed by atoms with Gasteiger partial charge in [-0.2, -0.15) is 0 Å². The van der Waals surface area contributed by atoms with E-state index in [1.165, 1.54) is 17.2 Å². The zero-order chi connectivity index (χ0) is 15.9. The first-order chi connectivity index (χ1) is 10.6. The molecule has 0 aliphatic rings. The van der Waals surface area contributed by atoms with Crippen molar-refractivity contribution < 1.29 is 9.18 Å². The lowest BCUT2D eigenvalue weighted by atomic mass is 10.1. The number of aryl methyl sites for hydroxylation is 1. The zero-order valence-electron chi connectivity index (χ0n) is 13.0. The molecule has 0 saturated carbocycles. The van der Waals surface area contributed by atoms with Crippen molar-refractivity contribution in [1.29, 1.82) is 0 Å². The first-order valence-electron chi connectivity index (χ1n) is 7.41. The molecule has 2 rings (SSSR count). The third kappa shape index (κ3) is 4.40. The molecule has 0 radical (unpaired) electrons. The molecule has 1 N–H and O–H groups in total. The van der Waals surface area contributed by atoms with Crippen LogP contribution in [-0.4, -0.2) is 23.9 Å². The topological polar surface area (TPSA) is 32.3 Å². The van der Waals surface area contributed by atoms with Crippen LogP contribution < -0.4 is 5.32 Å². The second-order valence-electron chi connectivity index (χ2n) is 5.26. The molecule has 1 amide bonds. The molecule has 0 aliphatic carbocycles. The second kappa shape index (κ2) is 7.71. The molecule has 0 atom stereocenters. The van der Waals surface area contributed by atoms with E-state index in [1.54, 1.807) is 18.2 Å². The fourth-order valence-corrected chi connectivity index (χ4v) is 2.26. The number of hydrogen-bond acceptors (Lipinski definition) is 2. The molecule has 0 aliphatic heterocycles. The summed E-state index contributed by atoms with van der Waals surface area (Å²) in [5.74, 6) is -0.627. The van der Waals surface area contributed by atoms with E-state index in [2.05, 4.69) is 24.4 Å². The predicted octanol–water partition coefficient (Wildman–Crippen LogP) is 3.59. The number of carbonyl (C=O) groups is 1. The first-order valence-corrected chi connectivity index (χ1v) is 7.41. The number of hydrogen-bond donors (Lipinski definition) is 1. The van der Waals surface area contributed by atoms with Crippen molar-refractivity contribution in [1.82, 2.24) is 4.90 Å². The van der Waals surface area contributed by atoms with Crippen LogP contribution in [0.1, 0.15) is 18.1 Å². The van der Waals surface area contributed by atoms with Gasteiger partial charge in [0.25, 0.3) is 0 Å². The van der Waals surface area contributed by atoms with Crippen molar-refractivity contribution in [2.45, 2.75) is 20.4 Å². The Kier molecular flexibility index (Phi) is 5.67. The molecule has 0 aromatic heterocycles. The number of para-hydroxylation sites is 1. The summed E-state index contributed by atoms with van der Waals surface area (Å²) in [5, 5.41) is 2.62. The van der Waals surface area contributed by atoms with Crippen molar-refractivity contribution >= 4 is 11.6 Å². The molecule has 0 heterocycles. The summed E-state index contributed by atoms with van der Waals surface area (Å²) in [5.41, 5.74) is 2.62. The van der Waals surface area contributed by atoms with Gasteiger partial charge in [0.05, 0.1) is 12.2 Å². The van der Waals surface area contributed by atoms with E-state index in [9.17, 15) is 9.18 Å².